The lowest BCUT2D eigenvalue weighted by atomic mass is 9.90. The highest BCUT2D eigenvalue weighted by atomic mass is 19.2. The molecule has 1 aliphatic rings. The topological polar surface area (TPSA) is 55.1 Å². The summed E-state index contributed by atoms with van der Waals surface area (Å²) in [5, 5.41) is 2.97. The van der Waals surface area contributed by atoms with Crippen LogP contribution >= 0.6 is 0 Å². The Morgan fingerprint density at radius 2 is 2.12 bits per heavy atom. The summed E-state index contributed by atoms with van der Waals surface area (Å²) in [7, 11) is 0. The van der Waals surface area contributed by atoms with Gasteiger partial charge in [-0.1, -0.05) is 12.1 Å². The van der Waals surface area contributed by atoms with Crippen molar-refractivity contribution in [1.29, 1.82) is 0 Å². The summed E-state index contributed by atoms with van der Waals surface area (Å²) in [4.78, 5) is 11.5. The van der Waals surface area contributed by atoms with E-state index in [1.807, 2.05) is 0 Å². The highest BCUT2D eigenvalue weighted by molar-refractivity contribution is 5.85. The van der Waals surface area contributed by atoms with Gasteiger partial charge in [0.2, 0.25) is 5.91 Å². The Bertz CT molecular complexity index is 460. The Morgan fingerprint density at radius 3 is 2.65 bits per heavy atom. The number of nitrogens with two attached hydrogens (primary N) is 1. The second kappa shape index (κ2) is 4.07. The number of halogens is 2. The van der Waals surface area contributed by atoms with E-state index in [1.54, 1.807) is 0 Å². The Hall–Kier alpha value is -1.49. The summed E-state index contributed by atoms with van der Waals surface area (Å²) in [6.07, 6.45) is 1.83. The first-order valence-electron chi connectivity index (χ1n) is 5.47. The fourth-order valence-corrected chi connectivity index (χ4v) is 1.81. The van der Waals surface area contributed by atoms with E-state index in [1.165, 1.54) is 19.1 Å². The zero-order chi connectivity index (χ0) is 12.6. The number of hydrogen-bond donors (Lipinski definition) is 2. The van der Waals surface area contributed by atoms with Gasteiger partial charge in [-0.05, 0) is 25.8 Å². The van der Waals surface area contributed by atoms with E-state index >= 15 is 0 Å². The van der Waals surface area contributed by atoms with Gasteiger partial charge < -0.3 is 5.73 Å². The van der Waals surface area contributed by atoms with Crippen LogP contribution in [0, 0.1) is 11.6 Å². The number of primary amides is 1. The Balaban J connectivity index is 2.44. The number of nitrogens with one attached hydrogen (secondary N) is 1. The van der Waals surface area contributed by atoms with E-state index < -0.39 is 23.1 Å². The van der Waals surface area contributed by atoms with Gasteiger partial charge in [0.15, 0.2) is 11.6 Å². The molecule has 0 aliphatic heterocycles. The van der Waals surface area contributed by atoms with Crippen LogP contribution in [0.1, 0.15) is 25.3 Å². The van der Waals surface area contributed by atoms with Crippen LogP contribution in [0.15, 0.2) is 18.2 Å². The fourth-order valence-electron chi connectivity index (χ4n) is 1.81. The molecule has 17 heavy (non-hydrogen) atoms. The molecule has 5 heteroatoms. The van der Waals surface area contributed by atoms with E-state index in [-0.39, 0.29) is 11.6 Å². The monoisotopic (exact) mass is 240 g/mol. The van der Waals surface area contributed by atoms with Gasteiger partial charge in [0.05, 0.1) is 0 Å². The van der Waals surface area contributed by atoms with Gasteiger partial charge in [0, 0.05) is 11.6 Å². The van der Waals surface area contributed by atoms with Crippen LogP contribution in [0.4, 0.5) is 8.78 Å². The number of amides is 1. The molecule has 1 atom stereocenters. The summed E-state index contributed by atoms with van der Waals surface area (Å²) in [6, 6.07) is 3.90. The summed E-state index contributed by atoms with van der Waals surface area (Å²) < 4.78 is 26.9. The fraction of sp³-hybridized carbons (Fsp3) is 0.417. The van der Waals surface area contributed by atoms with Gasteiger partial charge in [-0.3, -0.25) is 10.1 Å². The minimum Gasteiger partial charge on any atom is -0.368 e. The Morgan fingerprint density at radius 1 is 1.47 bits per heavy atom. The molecule has 0 saturated heterocycles. The molecule has 1 amide bonds. The lowest BCUT2D eigenvalue weighted by Crippen LogP contribution is -2.51. The van der Waals surface area contributed by atoms with Crippen molar-refractivity contribution in [3.63, 3.8) is 0 Å². The molecule has 1 aromatic carbocycles. The molecule has 0 aromatic heterocycles. The molecule has 92 valence electrons. The van der Waals surface area contributed by atoms with Crippen molar-refractivity contribution >= 4 is 5.91 Å². The molecular formula is C12H14F2N2O. The Labute approximate surface area is 98.0 Å². The van der Waals surface area contributed by atoms with E-state index in [0.29, 0.717) is 0 Å². The van der Waals surface area contributed by atoms with Crippen LogP contribution in [0.2, 0.25) is 0 Å². The van der Waals surface area contributed by atoms with E-state index in [4.69, 9.17) is 5.73 Å². The second-order valence-electron chi connectivity index (χ2n) is 4.51. The molecule has 2 rings (SSSR count). The third-order valence-corrected chi connectivity index (χ3v) is 3.05. The second-order valence-corrected chi connectivity index (χ2v) is 4.51. The summed E-state index contributed by atoms with van der Waals surface area (Å²) in [6.45, 7) is 1.48. The van der Waals surface area contributed by atoms with Crippen molar-refractivity contribution in [2.45, 2.75) is 31.3 Å². The van der Waals surface area contributed by atoms with Crippen LogP contribution in [-0.2, 0) is 10.3 Å². The lowest BCUT2D eigenvalue weighted by molar-refractivity contribution is -0.124. The largest absolute Gasteiger partial charge is 0.368 e. The molecule has 1 unspecified atom stereocenters. The first-order chi connectivity index (χ1) is 7.95. The van der Waals surface area contributed by atoms with Gasteiger partial charge in [0.1, 0.15) is 5.54 Å². The quantitative estimate of drug-likeness (QED) is 0.836. The van der Waals surface area contributed by atoms with Gasteiger partial charge in [-0.2, -0.15) is 0 Å². The maximum atomic E-state index is 13.7. The standard InChI is InChI=1S/C12H14F2N2O/c1-12(11(15)17,16-7-5-6-7)8-3-2-4-9(13)10(8)14/h2-4,7,16H,5-6H2,1H3,(H2,15,17). The van der Waals surface area contributed by atoms with Crippen LogP contribution < -0.4 is 11.1 Å². The molecule has 1 aromatic rings. The molecule has 0 radical (unpaired) electrons. The number of carbonyl (C=O) groups is 1. The van der Waals surface area contributed by atoms with Crippen molar-refractivity contribution in [2.24, 2.45) is 5.73 Å². The Kier molecular flexibility index (Phi) is 2.87. The predicted octanol–water partition coefficient (Wildman–Crippen LogP) is 1.42. The molecule has 1 aliphatic carbocycles. The van der Waals surface area contributed by atoms with Crippen molar-refractivity contribution in [3.05, 3.63) is 35.4 Å². The van der Waals surface area contributed by atoms with Crippen LogP contribution in [-0.4, -0.2) is 11.9 Å². The molecule has 0 bridgehead atoms. The van der Waals surface area contributed by atoms with Crippen molar-refractivity contribution in [3.8, 4) is 0 Å². The third-order valence-electron chi connectivity index (χ3n) is 3.05. The average Bonchev–Trinajstić information content (AvgIpc) is 3.05. The van der Waals surface area contributed by atoms with Crippen LogP contribution in [0.25, 0.3) is 0 Å². The molecule has 3 N–H and O–H groups in total. The summed E-state index contributed by atoms with van der Waals surface area (Å²) in [5.41, 5.74) is 3.90. The van der Waals surface area contributed by atoms with Gasteiger partial charge >= 0.3 is 0 Å². The molecule has 1 fully saturated rings. The van der Waals surface area contributed by atoms with Crippen LogP contribution in [0.3, 0.4) is 0 Å². The van der Waals surface area contributed by atoms with E-state index in [9.17, 15) is 13.6 Å². The molecule has 0 spiro atoms. The maximum Gasteiger partial charge on any atom is 0.242 e. The van der Waals surface area contributed by atoms with Crippen molar-refractivity contribution in [2.75, 3.05) is 0 Å². The lowest BCUT2D eigenvalue weighted by Gasteiger charge is -2.28. The minimum absolute atomic E-state index is 0.0445. The summed E-state index contributed by atoms with van der Waals surface area (Å²) in [5.74, 6) is -2.72. The SMILES string of the molecule is CC(NC1CC1)(C(N)=O)c1cccc(F)c1F. The van der Waals surface area contributed by atoms with Crippen LogP contribution in [0.5, 0.6) is 0 Å². The highest BCUT2D eigenvalue weighted by Crippen LogP contribution is 2.30. The number of hydrogen-bond acceptors (Lipinski definition) is 2. The van der Waals surface area contributed by atoms with Gasteiger partial charge in [0.25, 0.3) is 0 Å². The normalized spacial score (nSPS) is 18.8. The number of carbonyl (C=O) groups excluding carboxylic acids is 1. The van der Waals surface area contributed by atoms with E-state index in [0.717, 1.165) is 18.9 Å². The zero-order valence-corrected chi connectivity index (χ0v) is 9.47. The van der Waals surface area contributed by atoms with Gasteiger partial charge in [-0.25, -0.2) is 8.78 Å². The first kappa shape index (κ1) is 12.0. The first-order valence-corrected chi connectivity index (χ1v) is 5.47. The highest BCUT2D eigenvalue weighted by Gasteiger charge is 2.40. The molecule has 0 heterocycles. The van der Waals surface area contributed by atoms with Crippen molar-refractivity contribution in [1.82, 2.24) is 5.32 Å². The maximum absolute atomic E-state index is 13.7. The smallest absolute Gasteiger partial charge is 0.242 e. The van der Waals surface area contributed by atoms with Gasteiger partial charge in [-0.15, -0.1) is 0 Å². The molecule has 3 nitrogen and oxygen atoms in total. The zero-order valence-electron chi connectivity index (χ0n) is 9.47. The summed E-state index contributed by atoms with van der Waals surface area (Å²) >= 11 is 0. The molecule has 1 saturated carbocycles. The van der Waals surface area contributed by atoms with Crippen molar-refractivity contribution < 1.29 is 13.6 Å². The minimum atomic E-state index is -1.37. The average molecular weight is 240 g/mol. The number of benzene rings is 1. The molecular weight excluding hydrogens is 226 g/mol. The van der Waals surface area contributed by atoms with E-state index in [2.05, 4.69) is 5.32 Å². The third kappa shape index (κ3) is 2.15. The number of rotatable bonds is 4. The predicted molar refractivity (Wildman–Crippen MR) is 59.1 cm³/mol.